The zero-order valence-corrected chi connectivity index (χ0v) is 11.1. The number of thiophene rings is 1. The molecule has 0 amide bonds. The van der Waals surface area contributed by atoms with E-state index in [0.29, 0.717) is 11.8 Å². The van der Waals surface area contributed by atoms with Gasteiger partial charge in [-0.1, -0.05) is 36.9 Å². The molecule has 0 spiro atoms. The van der Waals surface area contributed by atoms with Crippen molar-refractivity contribution < 1.29 is 4.74 Å². The highest BCUT2D eigenvalue weighted by Crippen LogP contribution is 2.39. The first-order chi connectivity index (χ1) is 8.19. The fraction of sp³-hybridized carbons (Fsp3) is 0.154. The summed E-state index contributed by atoms with van der Waals surface area (Å²) in [6, 6.07) is 0. The molecule has 2 rings (SSSR count). The Morgan fingerprint density at radius 3 is 2.94 bits per heavy atom. The zero-order valence-electron chi connectivity index (χ0n) is 9.50. The predicted molar refractivity (Wildman–Crippen MR) is 75.2 cm³/mol. The Labute approximate surface area is 109 Å². The van der Waals surface area contributed by atoms with E-state index in [2.05, 4.69) is 18.1 Å². The molecule has 0 radical (unpaired) electrons. The standard InChI is InChI=1S/C13H12ClNOS/c1-4-6-16-10-7-17-12-11(10)9(5-2)8(3)15-13(12)14/h4-5,7H,1-2,6H2,3H3. The highest BCUT2D eigenvalue weighted by atomic mass is 35.5. The van der Waals surface area contributed by atoms with Crippen molar-refractivity contribution in [2.75, 3.05) is 6.61 Å². The summed E-state index contributed by atoms with van der Waals surface area (Å²) >= 11 is 7.66. The molecule has 2 aromatic heterocycles. The summed E-state index contributed by atoms with van der Waals surface area (Å²) in [6.07, 6.45) is 3.50. The number of pyridine rings is 1. The van der Waals surface area contributed by atoms with Crippen molar-refractivity contribution in [2.45, 2.75) is 6.92 Å². The average Bonchev–Trinajstić information content (AvgIpc) is 2.71. The van der Waals surface area contributed by atoms with Crippen LogP contribution < -0.4 is 4.74 Å². The second-order valence-electron chi connectivity index (χ2n) is 3.51. The zero-order chi connectivity index (χ0) is 12.4. The molecule has 0 fully saturated rings. The third-order valence-electron chi connectivity index (χ3n) is 2.43. The molecule has 2 heterocycles. The van der Waals surface area contributed by atoms with Crippen molar-refractivity contribution in [2.24, 2.45) is 0 Å². The number of hydrogen-bond acceptors (Lipinski definition) is 3. The molecular formula is C13H12ClNOS. The molecule has 0 aromatic carbocycles. The molecular weight excluding hydrogens is 254 g/mol. The Bertz CT molecular complexity index is 589. The molecule has 0 saturated heterocycles. The second-order valence-corrected chi connectivity index (χ2v) is 4.75. The molecule has 0 bridgehead atoms. The van der Waals surface area contributed by atoms with E-state index in [1.165, 1.54) is 11.3 Å². The van der Waals surface area contributed by atoms with E-state index >= 15 is 0 Å². The predicted octanol–water partition coefficient (Wildman–Crippen LogP) is 4.47. The van der Waals surface area contributed by atoms with E-state index in [1.54, 1.807) is 12.2 Å². The molecule has 0 aliphatic carbocycles. The lowest BCUT2D eigenvalue weighted by molar-refractivity contribution is 0.369. The normalized spacial score (nSPS) is 10.5. The summed E-state index contributed by atoms with van der Waals surface area (Å²) < 4.78 is 6.56. The van der Waals surface area contributed by atoms with E-state index in [0.717, 1.165) is 27.1 Å². The van der Waals surface area contributed by atoms with Gasteiger partial charge in [0.2, 0.25) is 0 Å². The minimum Gasteiger partial charge on any atom is -0.488 e. The second kappa shape index (κ2) is 4.90. The Kier molecular flexibility index (Phi) is 3.50. The van der Waals surface area contributed by atoms with Crippen molar-refractivity contribution in [3.8, 4) is 5.75 Å². The first kappa shape index (κ1) is 12.1. The van der Waals surface area contributed by atoms with Crippen LogP contribution in [-0.2, 0) is 0 Å². The van der Waals surface area contributed by atoms with E-state index < -0.39 is 0 Å². The molecule has 0 unspecified atom stereocenters. The monoisotopic (exact) mass is 265 g/mol. The third-order valence-corrected chi connectivity index (χ3v) is 3.78. The van der Waals surface area contributed by atoms with Crippen LogP contribution in [0.4, 0.5) is 0 Å². The fourth-order valence-corrected chi connectivity index (χ4v) is 2.93. The van der Waals surface area contributed by atoms with Gasteiger partial charge in [-0.25, -0.2) is 4.98 Å². The van der Waals surface area contributed by atoms with Crippen molar-refractivity contribution in [3.63, 3.8) is 0 Å². The molecule has 2 aromatic rings. The number of fused-ring (bicyclic) bond motifs is 1. The SMILES string of the molecule is C=CCOc1csc2c(Cl)nc(C)c(C=C)c12. The molecule has 88 valence electrons. The van der Waals surface area contributed by atoms with Crippen molar-refractivity contribution >= 4 is 39.1 Å². The smallest absolute Gasteiger partial charge is 0.147 e. The van der Waals surface area contributed by atoms with Crippen LogP contribution in [0.3, 0.4) is 0 Å². The lowest BCUT2D eigenvalue weighted by Gasteiger charge is -2.07. The summed E-state index contributed by atoms with van der Waals surface area (Å²) in [5, 5.41) is 3.44. The highest BCUT2D eigenvalue weighted by Gasteiger charge is 2.14. The number of halogens is 1. The summed E-state index contributed by atoms with van der Waals surface area (Å²) in [5.41, 5.74) is 1.84. The van der Waals surface area contributed by atoms with Gasteiger partial charge < -0.3 is 4.74 Å². The molecule has 17 heavy (non-hydrogen) atoms. The van der Waals surface area contributed by atoms with E-state index in [4.69, 9.17) is 16.3 Å². The summed E-state index contributed by atoms with van der Waals surface area (Å²) in [6.45, 7) is 9.84. The first-order valence-corrected chi connectivity index (χ1v) is 6.38. The minimum atomic E-state index is 0.474. The average molecular weight is 266 g/mol. The van der Waals surface area contributed by atoms with Gasteiger partial charge in [0, 0.05) is 22.0 Å². The van der Waals surface area contributed by atoms with Crippen molar-refractivity contribution in [1.82, 2.24) is 4.98 Å². The van der Waals surface area contributed by atoms with Crippen molar-refractivity contribution in [3.05, 3.63) is 41.0 Å². The number of ether oxygens (including phenoxy) is 1. The largest absolute Gasteiger partial charge is 0.488 e. The van der Waals surface area contributed by atoms with Crippen LogP contribution >= 0.6 is 22.9 Å². The molecule has 0 aliphatic heterocycles. The lowest BCUT2D eigenvalue weighted by atomic mass is 10.1. The Morgan fingerprint density at radius 2 is 2.29 bits per heavy atom. The molecule has 0 saturated carbocycles. The number of aryl methyl sites for hydroxylation is 1. The van der Waals surface area contributed by atoms with Gasteiger partial charge in [0.1, 0.15) is 17.5 Å². The van der Waals surface area contributed by atoms with Gasteiger partial charge in [0.05, 0.1) is 4.70 Å². The fourth-order valence-electron chi connectivity index (χ4n) is 1.69. The number of aromatic nitrogens is 1. The van der Waals surface area contributed by atoms with Gasteiger partial charge in [0.25, 0.3) is 0 Å². The van der Waals surface area contributed by atoms with Crippen LogP contribution in [0.5, 0.6) is 5.75 Å². The quantitative estimate of drug-likeness (QED) is 0.601. The topological polar surface area (TPSA) is 22.1 Å². The van der Waals surface area contributed by atoms with Gasteiger partial charge in [-0.3, -0.25) is 0 Å². The number of rotatable bonds is 4. The van der Waals surface area contributed by atoms with Gasteiger partial charge in [-0.15, -0.1) is 11.3 Å². The van der Waals surface area contributed by atoms with E-state index in [-0.39, 0.29) is 0 Å². The lowest BCUT2D eigenvalue weighted by Crippen LogP contribution is -1.94. The van der Waals surface area contributed by atoms with Gasteiger partial charge in [0.15, 0.2) is 0 Å². The molecule has 2 nitrogen and oxygen atoms in total. The van der Waals surface area contributed by atoms with E-state index in [9.17, 15) is 0 Å². The molecule has 0 aliphatic rings. The molecule has 0 N–H and O–H groups in total. The van der Waals surface area contributed by atoms with Crippen LogP contribution in [-0.4, -0.2) is 11.6 Å². The van der Waals surface area contributed by atoms with E-state index in [1.807, 2.05) is 12.3 Å². The van der Waals surface area contributed by atoms with Crippen LogP contribution in [0.25, 0.3) is 16.2 Å². The number of nitrogens with zero attached hydrogens (tertiary/aromatic N) is 1. The summed E-state index contributed by atoms with van der Waals surface area (Å²) in [4.78, 5) is 4.30. The molecule has 4 heteroatoms. The van der Waals surface area contributed by atoms with Gasteiger partial charge in [-0.2, -0.15) is 0 Å². The highest BCUT2D eigenvalue weighted by molar-refractivity contribution is 7.18. The molecule has 0 atom stereocenters. The number of hydrogen-bond donors (Lipinski definition) is 0. The Balaban J connectivity index is 2.71. The maximum atomic E-state index is 6.13. The Hall–Kier alpha value is -1.32. The Morgan fingerprint density at radius 1 is 1.53 bits per heavy atom. The van der Waals surface area contributed by atoms with Crippen LogP contribution in [0.1, 0.15) is 11.3 Å². The minimum absolute atomic E-state index is 0.474. The van der Waals surface area contributed by atoms with Crippen LogP contribution in [0.2, 0.25) is 5.15 Å². The summed E-state index contributed by atoms with van der Waals surface area (Å²) in [7, 11) is 0. The van der Waals surface area contributed by atoms with Crippen LogP contribution in [0, 0.1) is 6.92 Å². The van der Waals surface area contributed by atoms with Gasteiger partial charge in [-0.05, 0) is 6.92 Å². The van der Waals surface area contributed by atoms with Crippen molar-refractivity contribution in [1.29, 1.82) is 0 Å². The first-order valence-electron chi connectivity index (χ1n) is 5.12. The van der Waals surface area contributed by atoms with Crippen LogP contribution in [0.15, 0.2) is 24.6 Å². The maximum Gasteiger partial charge on any atom is 0.147 e. The summed E-state index contributed by atoms with van der Waals surface area (Å²) in [5.74, 6) is 0.812. The third kappa shape index (κ3) is 2.08. The maximum absolute atomic E-state index is 6.13. The van der Waals surface area contributed by atoms with Gasteiger partial charge >= 0.3 is 0 Å².